The zero-order chi connectivity index (χ0) is 28.2. The van der Waals surface area contributed by atoms with Crippen LogP contribution in [0.25, 0.3) is 0 Å². The molecule has 14 heteroatoms. The summed E-state index contributed by atoms with van der Waals surface area (Å²) in [6.07, 6.45) is 0.656. The van der Waals surface area contributed by atoms with Crippen LogP contribution in [0.2, 0.25) is 0 Å². The number of para-hydroxylation sites is 1. The summed E-state index contributed by atoms with van der Waals surface area (Å²) < 4.78 is 15.2. The first-order chi connectivity index (χ1) is 18.6. The fourth-order valence-electron chi connectivity index (χ4n) is 3.89. The van der Waals surface area contributed by atoms with Gasteiger partial charge in [0.05, 0.1) is 44.8 Å². The maximum atomic E-state index is 12.9. The van der Waals surface area contributed by atoms with E-state index < -0.39 is 23.4 Å². The zero-order valence-corrected chi connectivity index (χ0v) is 23.0. The van der Waals surface area contributed by atoms with Gasteiger partial charge < -0.3 is 29.7 Å². The van der Waals surface area contributed by atoms with E-state index in [1.807, 2.05) is 0 Å². The molecule has 3 heterocycles. The number of ether oxygens (including phenoxy) is 3. The molecule has 3 aromatic rings. The monoisotopic (exact) mass is 555 g/mol. The Kier molecular flexibility index (Phi) is 8.14. The fourth-order valence-corrected chi connectivity index (χ4v) is 4.91. The molecule has 2 aromatic heterocycles. The molecule has 1 aliphatic heterocycles. The number of benzene rings is 1. The van der Waals surface area contributed by atoms with Crippen LogP contribution in [-0.2, 0) is 22.5 Å². The van der Waals surface area contributed by atoms with Gasteiger partial charge in [0.15, 0.2) is 5.13 Å². The van der Waals surface area contributed by atoms with Gasteiger partial charge in [0, 0.05) is 23.9 Å². The number of fused-ring (bicyclic) bond motifs is 1. The van der Waals surface area contributed by atoms with E-state index in [0.29, 0.717) is 36.3 Å². The quantitative estimate of drug-likeness (QED) is 0.353. The molecule has 0 unspecified atom stereocenters. The summed E-state index contributed by atoms with van der Waals surface area (Å²) in [6, 6.07) is 7.87. The number of thiazole rings is 1. The standard InChI is InChI=1S/C25H29N7O6S/c1-25(2,21(34)37-4)31-20(33)14-8-6-7-9-15(14)26-22(35)30-24-27-16-10-11-32(13-17(16)39-24)18-12-19(36-3)29-23(28-18)38-5/h6-9,12H,10-11,13H2,1-5H3,(H,31,33)(H2,26,27,30,35). The van der Waals surface area contributed by atoms with Gasteiger partial charge in [0.2, 0.25) is 5.88 Å². The summed E-state index contributed by atoms with van der Waals surface area (Å²) in [6.45, 7) is 4.26. The van der Waals surface area contributed by atoms with Gasteiger partial charge in [-0.05, 0) is 26.0 Å². The molecule has 0 bridgehead atoms. The molecule has 1 aliphatic rings. The highest BCUT2D eigenvalue weighted by Gasteiger charge is 2.31. The first kappa shape index (κ1) is 27.6. The molecule has 0 saturated carbocycles. The van der Waals surface area contributed by atoms with Crippen LogP contribution in [0.3, 0.4) is 0 Å². The molecule has 0 atom stereocenters. The second-order valence-electron chi connectivity index (χ2n) is 9.01. The molecule has 13 nitrogen and oxygen atoms in total. The molecule has 3 N–H and O–H groups in total. The molecule has 1 aromatic carbocycles. The van der Waals surface area contributed by atoms with E-state index in [0.717, 1.165) is 10.6 Å². The Morgan fingerprint density at radius 1 is 1.03 bits per heavy atom. The minimum Gasteiger partial charge on any atom is -0.481 e. The van der Waals surface area contributed by atoms with E-state index in [9.17, 15) is 14.4 Å². The van der Waals surface area contributed by atoms with Crippen LogP contribution in [0.1, 0.15) is 34.8 Å². The predicted octanol–water partition coefficient (Wildman–Crippen LogP) is 2.84. The molecule has 0 fully saturated rings. The summed E-state index contributed by atoms with van der Waals surface area (Å²) in [5, 5.41) is 8.49. The molecule has 0 saturated heterocycles. The second kappa shape index (κ2) is 11.5. The zero-order valence-electron chi connectivity index (χ0n) is 22.2. The molecular formula is C25H29N7O6S. The van der Waals surface area contributed by atoms with Gasteiger partial charge in [-0.3, -0.25) is 10.1 Å². The number of hydrogen-bond acceptors (Lipinski definition) is 11. The number of nitrogens with one attached hydrogen (secondary N) is 3. The highest BCUT2D eigenvalue weighted by atomic mass is 32.1. The van der Waals surface area contributed by atoms with Crippen molar-refractivity contribution >= 4 is 45.9 Å². The van der Waals surface area contributed by atoms with Crippen molar-refractivity contribution in [2.24, 2.45) is 0 Å². The predicted molar refractivity (Wildman–Crippen MR) is 145 cm³/mol. The Morgan fingerprint density at radius 2 is 1.79 bits per heavy atom. The first-order valence-corrected chi connectivity index (χ1v) is 12.7. The van der Waals surface area contributed by atoms with Gasteiger partial charge in [-0.25, -0.2) is 14.6 Å². The van der Waals surface area contributed by atoms with Crippen LogP contribution in [-0.4, -0.2) is 66.3 Å². The Hall–Kier alpha value is -4.46. The number of nitrogens with zero attached hydrogens (tertiary/aromatic N) is 4. The lowest BCUT2D eigenvalue weighted by Gasteiger charge is -2.27. The number of carbonyl (C=O) groups is 3. The number of esters is 1. The van der Waals surface area contributed by atoms with Crippen molar-refractivity contribution in [2.75, 3.05) is 43.4 Å². The number of carbonyl (C=O) groups excluding carboxylic acids is 3. The van der Waals surface area contributed by atoms with Crippen molar-refractivity contribution in [3.63, 3.8) is 0 Å². The SMILES string of the molecule is COC(=O)C(C)(C)NC(=O)c1ccccc1NC(=O)Nc1nc2c(s1)CN(c1cc(OC)nc(OC)n1)CC2. The third-order valence-corrected chi connectivity index (χ3v) is 6.88. The third kappa shape index (κ3) is 6.34. The van der Waals surface area contributed by atoms with Gasteiger partial charge in [-0.15, -0.1) is 0 Å². The van der Waals surface area contributed by atoms with Crippen LogP contribution in [0.4, 0.5) is 21.4 Å². The smallest absolute Gasteiger partial charge is 0.330 e. The number of amides is 3. The summed E-state index contributed by atoms with van der Waals surface area (Å²) in [4.78, 5) is 53.8. The molecule has 4 rings (SSSR count). The fraction of sp³-hybridized carbons (Fsp3) is 0.360. The topological polar surface area (TPSA) is 157 Å². The normalized spacial score (nSPS) is 12.7. The van der Waals surface area contributed by atoms with Gasteiger partial charge in [-0.2, -0.15) is 9.97 Å². The van der Waals surface area contributed by atoms with Crippen molar-refractivity contribution in [1.29, 1.82) is 0 Å². The van der Waals surface area contributed by atoms with E-state index in [1.54, 1.807) is 30.3 Å². The van der Waals surface area contributed by atoms with Crippen molar-refractivity contribution in [3.8, 4) is 11.9 Å². The van der Waals surface area contributed by atoms with Crippen LogP contribution in [0.15, 0.2) is 30.3 Å². The number of urea groups is 1. The van der Waals surface area contributed by atoms with Crippen molar-refractivity contribution in [3.05, 3.63) is 46.5 Å². The lowest BCUT2D eigenvalue weighted by atomic mass is 10.0. The lowest BCUT2D eigenvalue weighted by Crippen LogP contribution is -2.50. The maximum Gasteiger partial charge on any atom is 0.330 e. The summed E-state index contributed by atoms with van der Waals surface area (Å²) in [5.74, 6) is -0.0727. The number of hydrogen-bond donors (Lipinski definition) is 3. The maximum absolute atomic E-state index is 12.9. The van der Waals surface area contributed by atoms with E-state index in [4.69, 9.17) is 14.2 Å². The highest BCUT2D eigenvalue weighted by Crippen LogP contribution is 2.32. The van der Waals surface area contributed by atoms with Crippen molar-refractivity contribution in [1.82, 2.24) is 20.3 Å². The minimum atomic E-state index is -1.25. The Morgan fingerprint density at radius 3 is 2.51 bits per heavy atom. The van der Waals surface area contributed by atoms with Gasteiger partial charge in [0.25, 0.3) is 5.91 Å². The second-order valence-corrected chi connectivity index (χ2v) is 10.1. The van der Waals surface area contributed by atoms with Crippen molar-refractivity contribution < 1.29 is 28.6 Å². The van der Waals surface area contributed by atoms with E-state index in [2.05, 4.69) is 35.8 Å². The van der Waals surface area contributed by atoms with E-state index in [-0.39, 0.29) is 17.3 Å². The summed E-state index contributed by atoms with van der Waals surface area (Å²) >= 11 is 1.36. The van der Waals surface area contributed by atoms with Gasteiger partial charge in [-0.1, -0.05) is 23.5 Å². The molecule has 0 aliphatic carbocycles. The summed E-state index contributed by atoms with van der Waals surface area (Å²) in [5.41, 5.74) is 0.1000. The van der Waals surface area contributed by atoms with Gasteiger partial charge in [0.1, 0.15) is 11.4 Å². The lowest BCUT2D eigenvalue weighted by molar-refractivity contribution is -0.146. The Labute approximate surface area is 228 Å². The van der Waals surface area contributed by atoms with Crippen LogP contribution < -0.4 is 30.3 Å². The minimum absolute atomic E-state index is 0.189. The average Bonchev–Trinajstić information content (AvgIpc) is 3.33. The highest BCUT2D eigenvalue weighted by molar-refractivity contribution is 7.15. The Balaban J connectivity index is 1.43. The first-order valence-electron chi connectivity index (χ1n) is 11.9. The van der Waals surface area contributed by atoms with Crippen molar-refractivity contribution in [2.45, 2.75) is 32.4 Å². The number of methoxy groups -OCH3 is 3. The summed E-state index contributed by atoms with van der Waals surface area (Å²) in [7, 11) is 4.27. The van der Waals surface area contributed by atoms with Gasteiger partial charge >= 0.3 is 18.0 Å². The van der Waals surface area contributed by atoms with E-state index in [1.165, 1.54) is 46.5 Å². The molecule has 0 spiro atoms. The number of anilines is 3. The van der Waals surface area contributed by atoms with E-state index >= 15 is 0 Å². The molecule has 206 valence electrons. The Bertz CT molecular complexity index is 1370. The molecular weight excluding hydrogens is 526 g/mol. The largest absolute Gasteiger partial charge is 0.481 e. The number of aromatic nitrogens is 3. The molecule has 3 amide bonds. The van der Waals surface area contributed by atoms with Crippen LogP contribution in [0, 0.1) is 0 Å². The molecule has 0 radical (unpaired) electrons. The van der Waals surface area contributed by atoms with Crippen LogP contribution in [0.5, 0.6) is 11.9 Å². The average molecular weight is 556 g/mol. The van der Waals surface area contributed by atoms with Crippen LogP contribution >= 0.6 is 11.3 Å². The molecule has 39 heavy (non-hydrogen) atoms. The number of rotatable bonds is 8. The third-order valence-electron chi connectivity index (χ3n) is 5.88.